The molecule has 15 aromatic rings. The first-order valence-corrected chi connectivity index (χ1v) is 27.5. The minimum absolute atomic E-state index is 0.879. The van der Waals surface area contributed by atoms with Crippen LogP contribution in [-0.4, -0.2) is 48.2 Å². The molecular weight excluding hydrogens is 981 g/mol. The van der Waals surface area contributed by atoms with E-state index >= 15 is 0 Å². The van der Waals surface area contributed by atoms with E-state index in [2.05, 4.69) is 207 Å². The van der Waals surface area contributed by atoms with E-state index in [4.69, 9.17) is 4.98 Å². The fourth-order valence-electron chi connectivity index (χ4n) is 12.7. The van der Waals surface area contributed by atoms with Gasteiger partial charge in [0.15, 0.2) is 0 Å². The van der Waals surface area contributed by atoms with Gasteiger partial charge in [-0.15, -0.1) is 0 Å². The average Bonchev–Trinajstić information content (AvgIpc) is 4.27. The SMILES string of the molecule is C1=C(c2cc3c(cn2)c2cnccc2n3-c2ccc(CCc3ccc(-n4c5ccncc5c5cnccc54)cc3)cc2)CCc2c1n(-c1ccc(CCc3ccc(-n4c5ccccc5c5cnccc54)cc3)cc1)c1ccncc21. The van der Waals surface area contributed by atoms with Crippen LogP contribution in [0.1, 0.15) is 45.6 Å². The number of pyridine rings is 6. The van der Waals surface area contributed by atoms with E-state index < -0.39 is 0 Å². The second-order valence-electron chi connectivity index (χ2n) is 21.1. The second kappa shape index (κ2) is 18.7. The Bertz CT molecular complexity index is 4820. The molecule has 5 aromatic carbocycles. The highest BCUT2D eigenvalue weighted by Gasteiger charge is 2.24. The van der Waals surface area contributed by atoms with E-state index in [1.165, 1.54) is 71.8 Å². The van der Waals surface area contributed by atoms with Crippen molar-refractivity contribution >= 4 is 88.0 Å². The molecule has 0 saturated heterocycles. The third-order valence-corrected chi connectivity index (χ3v) is 16.7. The van der Waals surface area contributed by atoms with Crippen molar-refractivity contribution in [1.29, 1.82) is 0 Å². The van der Waals surface area contributed by atoms with Crippen molar-refractivity contribution in [3.63, 3.8) is 0 Å². The number of benzene rings is 5. The monoisotopic (exact) mass is 1030 g/mol. The molecule has 0 saturated carbocycles. The first-order chi connectivity index (χ1) is 39.7. The zero-order valence-corrected chi connectivity index (χ0v) is 43.7. The van der Waals surface area contributed by atoms with Crippen molar-refractivity contribution in [2.45, 2.75) is 38.5 Å². The van der Waals surface area contributed by atoms with Crippen molar-refractivity contribution in [3.8, 4) is 22.7 Å². The summed E-state index contributed by atoms with van der Waals surface area (Å²) in [6, 6.07) is 57.6. The molecule has 10 nitrogen and oxygen atoms in total. The first kappa shape index (κ1) is 45.8. The number of allylic oxidation sites excluding steroid dienone is 1. The van der Waals surface area contributed by atoms with E-state index in [1.807, 2.05) is 68.2 Å². The quantitative estimate of drug-likeness (QED) is 0.128. The van der Waals surface area contributed by atoms with Gasteiger partial charge in [0.1, 0.15) is 0 Å². The minimum atomic E-state index is 0.879. The Morgan fingerprint density at radius 2 is 0.675 bits per heavy atom. The third-order valence-electron chi connectivity index (χ3n) is 16.7. The van der Waals surface area contributed by atoms with Crippen molar-refractivity contribution in [2.75, 3.05) is 0 Å². The van der Waals surface area contributed by atoms with E-state index in [-0.39, 0.29) is 0 Å². The number of hydrogen-bond donors (Lipinski definition) is 0. The lowest BCUT2D eigenvalue weighted by atomic mass is 9.93. The summed E-state index contributed by atoms with van der Waals surface area (Å²) in [7, 11) is 0. The van der Waals surface area contributed by atoms with Crippen LogP contribution < -0.4 is 0 Å². The van der Waals surface area contributed by atoms with Crippen molar-refractivity contribution < 1.29 is 0 Å². The molecule has 10 heterocycles. The van der Waals surface area contributed by atoms with Gasteiger partial charge in [-0.05, 0) is 169 Å². The maximum absolute atomic E-state index is 5.19. The lowest BCUT2D eigenvalue weighted by Gasteiger charge is -2.17. The summed E-state index contributed by atoms with van der Waals surface area (Å²) in [5.41, 5.74) is 22.5. The summed E-state index contributed by atoms with van der Waals surface area (Å²) in [6.45, 7) is 0. The van der Waals surface area contributed by atoms with Crippen LogP contribution in [0.25, 0.3) is 111 Å². The van der Waals surface area contributed by atoms with Crippen LogP contribution in [0.4, 0.5) is 0 Å². The molecule has 0 amide bonds. The first-order valence-electron chi connectivity index (χ1n) is 27.5. The van der Waals surface area contributed by atoms with Gasteiger partial charge in [0, 0.05) is 129 Å². The summed E-state index contributed by atoms with van der Waals surface area (Å²) in [4.78, 5) is 27.6. The van der Waals surface area contributed by atoms with E-state index in [0.29, 0.717) is 0 Å². The standard InChI is InChI=1S/C70H50N10/c1-2-4-63-54(3-1)56-39-71-32-27-64(56)77(63)50-18-9-45(10-19-50)5-7-47-13-22-52(23-14-47)79-65-28-33-72-40-57(65)55-26-17-49(37-69(55)79)62-38-70-61(44-76-62)60-43-75-36-31-68(60)80(70)53-24-15-48(16-25-53)8-6-46-11-20-51(21-12-46)78-66-29-34-73-41-58(66)59-42-74-35-30-67(59)78/h1-4,9-16,18-25,27-44H,5-8,17,26H2. The van der Waals surface area contributed by atoms with Crippen LogP contribution >= 0.6 is 0 Å². The number of hydrogen-bond acceptors (Lipinski definition) is 6. The van der Waals surface area contributed by atoms with Gasteiger partial charge < -0.3 is 18.3 Å². The van der Waals surface area contributed by atoms with Gasteiger partial charge in [-0.3, -0.25) is 29.9 Å². The van der Waals surface area contributed by atoms with Gasteiger partial charge in [-0.2, -0.15) is 0 Å². The number of aromatic nitrogens is 10. The normalized spacial score (nSPS) is 12.7. The van der Waals surface area contributed by atoms with E-state index in [1.54, 1.807) is 0 Å². The van der Waals surface area contributed by atoms with Crippen LogP contribution in [0.5, 0.6) is 0 Å². The van der Waals surface area contributed by atoms with Crippen molar-refractivity contribution in [3.05, 3.63) is 265 Å². The Labute approximate surface area is 460 Å². The predicted octanol–water partition coefficient (Wildman–Crippen LogP) is 15.3. The molecule has 10 aromatic heterocycles. The van der Waals surface area contributed by atoms with Crippen molar-refractivity contribution in [2.24, 2.45) is 0 Å². The van der Waals surface area contributed by atoms with E-state index in [9.17, 15) is 0 Å². The van der Waals surface area contributed by atoms with Gasteiger partial charge in [0.05, 0.1) is 50.0 Å². The molecule has 380 valence electrons. The molecule has 16 rings (SSSR count). The molecule has 1 aliphatic carbocycles. The van der Waals surface area contributed by atoms with Crippen LogP contribution in [0.2, 0.25) is 0 Å². The molecule has 0 aliphatic heterocycles. The second-order valence-corrected chi connectivity index (χ2v) is 21.1. The smallest absolute Gasteiger partial charge is 0.0683 e. The average molecular weight is 1030 g/mol. The van der Waals surface area contributed by atoms with Gasteiger partial charge in [0.2, 0.25) is 0 Å². The summed E-state index contributed by atoms with van der Waals surface area (Å²) in [6.07, 6.45) is 29.2. The molecule has 0 unspecified atom stereocenters. The van der Waals surface area contributed by atoms with Crippen LogP contribution in [0, 0.1) is 0 Å². The number of nitrogens with zero attached hydrogens (tertiary/aromatic N) is 10. The zero-order valence-electron chi connectivity index (χ0n) is 43.7. The molecule has 1 aliphatic rings. The van der Waals surface area contributed by atoms with Gasteiger partial charge in [0.25, 0.3) is 0 Å². The fraction of sp³-hybridized carbons (Fsp3) is 0.0857. The minimum Gasteiger partial charge on any atom is -0.309 e. The Hall–Kier alpha value is -10.3. The Kier molecular flexibility index (Phi) is 10.7. The maximum atomic E-state index is 5.19. The Balaban J connectivity index is 0.657. The summed E-state index contributed by atoms with van der Waals surface area (Å²) in [5, 5.41) is 7.98. The van der Waals surface area contributed by atoms with Crippen LogP contribution in [-0.2, 0) is 32.1 Å². The van der Waals surface area contributed by atoms with Crippen molar-refractivity contribution in [1.82, 2.24) is 48.2 Å². The summed E-state index contributed by atoms with van der Waals surface area (Å²) < 4.78 is 9.43. The predicted molar refractivity (Wildman–Crippen MR) is 323 cm³/mol. The van der Waals surface area contributed by atoms with E-state index in [0.717, 1.165) is 111 Å². The highest BCUT2D eigenvalue weighted by molar-refractivity contribution is 6.11. The van der Waals surface area contributed by atoms with Crippen LogP contribution in [0.3, 0.4) is 0 Å². The fourth-order valence-corrected chi connectivity index (χ4v) is 12.7. The maximum Gasteiger partial charge on any atom is 0.0683 e. The molecule has 10 heteroatoms. The lowest BCUT2D eigenvalue weighted by Crippen LogP contribution is -2.04. The topological polar surface area (TPSA) is 97.1 Å². The number of aryl methyl sites for hydroxylation is 5. The molecule has 0 bridgehead atoms. The zero-order chi connectivity index (χ0) is 52.7. The number of rotatable bonds is 11. The Morgan fingerprint density at radius 1 is 0.312 bits per heavy atom. The molecule has 80 heavy (non-hydrogen) atoms. The highest BCUT2D eigenvalue weighted by atomic mass is 15.0. The molecule has 0 radical (unpaired) electrons. The molecular formula is C70H50N10. The van der Waals surface area contributed by atoms with Gasteiger partial charge in [-0.25, -0.2) is 0 Å². The number of fused-ring (bicyclic) bond motifs is 12. The van der Waals surface area contributed by atoms with Gasteiger partial charge >= 0.3 is 0 Å². The molecule has 0 N–H and O–H groups in total. The summed E-state index contributed by atoms with van der Waals surface area (Å²) >= 11 is 0. The lowest BCUT2D eigenvalue weighted by molar-refractivity contribution is 0.952. The third kappa shape index (κ3) is 7.55. The van der Waals surface area contributed by atoms with Gasteiger partial charge in [-0.1, -0.05) is 66.7 Å². The number of para-hydroxylation sites is 1. The molecule has 0 fully saturated rings. The summed E-state index contributed by atoms with van der Waals surface area (Å²) in [5.74, 6) is 0. The molecule has 0 atom stereocenters. The molecule has 0 spiro atoms. The van der Waals surface area contributed by atoms with Crippen LogP contribution in [0.15, 0.2) is 226 Å². The highest BCUT2D eigenvalue weighted by Crippen LogP contribution is 2.40. The Morgan fingerprint density at radius 3 is 1.14 bits per heavy atom. The largest absolute Gasteiger partial charge is 0.309 e.